The van der Waals surface area contributed by atoms with Gasteiger partial charge in [-0.2, -0.15) is 0 Å². The molecule has 0 saturated carbocycles. The smallest absolute Gasteiger partial charge is 0.255 e. The molecule has 7 nitrogen and oxygen atoms in total. The molecule has 0 aliphatic heterocycles. The molecule has 0 fully saturated rings. The number of carbonyl (C=O) groups excluding carboxylic acids is 2. The number of anilines is 1. The van der Waals surface area contributed by atoms with Gasteiger partial charge in [-0.15, -0.1) is 0 Å². The summed E-state index contributed by atoms with van der Waals surface area (Å²) in [5, 5.41) is 5.14. The molecule has 0 aromatic heterocycles. The number of sulfonamides is 1. The predicted octanol–water partition coefficient (Wildman–Crippen LogP) is 1.86. The molecule has 3 N–H and O–H groups in total. The summed E-state index contributed by atoms with van der Waals surface area (Å²) in [6.07, 6.45) is 0. The van der Waals surface area contributed by atoms with E-state index in [2.05, 4.69) is 15.4 Å². The van der Waals surface area contributed by atoms with Crippen molar-refractivity contribution in [3.8, 4) is 0 Å². The number of amides is 2. The number of halogens is 1. The van der Waals surface area contributed by atoms with Gasteiger partial charge in [-0.05, 0) is 49.5 Å². The van der Waals surface area contributed by atoms with Crippen LogP contribution < -0.4 is 15.4 Å². The first-order valence-corrected chi connectivity index (χ1v) is 9.01. The van der Waals surface area contributed by atoms with E-state index < -0.39 is 15.9 Å². The molecule has 2 amide bonds. The molecule has 0 heterocycles. The van der Waals surface area contributed by atoms with E-state index >= 15 is 0 Å². The average Bonchev–Trinajstić information content (AvgIpc) is 2.61. The first-order valence-electron chi connectivity index (χ1n) is 7.15. The molecule has 0 aliphatic rings. The summed E-state index contributed by atoms with van der Waals surface area (Å²) in [7, 11) is -1.00. The van der Waals surface area contributed by atoms with Crippen LogP contribution in [-0.2, 0) is 10.0 Å². The highest BCUT2D eigenvalue weighted by atomic mass is 35.5. The Morgan fingerprint density at radius 3 is 2.08 bits per heavy atom. The molecule has 25 heavy (non-hydrogen) atoms. The highest BCUT2D eigenvalue weighted by molar-refractivity contribution is 7.89. The van der Waals surface area contributed by atoms with E-state index in [1.54, 1.807) is 24.3 Å². The lowest BCUT2D eigenvalue weighted by molar-refractivity contribution is 0.0962. The zero-order chi connectivity index (χ0) is 18.6. The van der Waals surface area contributed by atoms with E-state index in [1.165, 1.54) is 32.3 Å². The molecule has 0 spiro atoms. The van der Waals surface area contributed by atoms with Gasteiger partial charge in [-0.25, -0.2) is 13.1 Å². The van der Waals surface area contributed by atoms with Gasteiger partial charge in [0.25, 0.3) is 11.8 Å². The minimum absolute atomic E-state index is 0.0147. The van der Waals surface area contributed by atoms with Crippen molar-refractivity contribution in [3.63, 3.8) is 0 Å². The molecule has 132 valence electrons. The molecule has 2 rings (SSSR count). The lowest BCUT2D eigenvalue weighted by Crippen LogP contribution is -2.20. The van der Waals surface area contributed by atoms with Crippen molar-refractivity contribution in [1.82, 2.24) is 10.0 Å². The van der Waals surface area contributed by atoms with Gasteiger partial charge >= 0.3 is 0 Å². The Balaban J connectivity index is 2.24. The Morgan fingerprint density at radius 1 is 0.920 bits per heavy atom. The largest absolute Gasteiger partial charge is 0.355 e. The first-order chi connectivity index (χ1) is 11.8. The minimum Gasteiger partial charge on any atom is -0.355 e. The van der Waals surface area contributed by atoms with E-state index in [0.29, 0.717) is 11.3 Å². The van der Waals surface area contributed by atoms with Gasteiger partial charge in [0, 0.05) is 23.9 Å². The summed E-state index contributed by atoms with van der Waals surface area (Å²) in [4.78, 5) is 23.6. The zero-order valence-corrected chi connectivity index (χ0v) is 15.0. The number of hydrogen-bond acceptors (Lipinski definition) is 4. The maximum atomic E-state index is 12.3. The molecule has 0 aliphatic carbocycles. The third kappa shape index (κ3) is 4.36. The van der Waals surface area contributed by atoms with Crippen LogP contribution in [0.1, 0.15) is 20.7 Å². The van der Waals surface area contributed by atoms with E-state index in [0.717, 1.165) is 0 Å². The van der Waals surface area contributed by atoms with Gasteiger partial charge in [0.1, 0.15) is 4.90 Å². The molecular formula is C16H16ClN3O4S. The summed E-state index contributed by atoms with van der Waals surface area (Å²) >= 11 is 5.90. The van der Waals surface area contributed by atoms with E-state index in [-0.39, 0.29) is 21.4 Å². The van der Waals surface area contributed by atoms with Crippen LogP contribution in [0.15, 0.2) is 47.4 Å². The first kappa shape index (κ1) is 18.9. The maximum Gasteiger partial charge on any atom is 0.255 e. The second-order valence-electron chi connectivity index (χ2n) is 4.96. The van der Waals surface area contributed by atoms with Crippen molar-refractivity contribution >= 4 is 39.1 Å². The molecule has 0 atom stereocenters. The van der Waals surface area contributed by atoms with E-state index in [1.807, 2.05) is 0 Å². The molecule has 2 aromatic carbocycles. The predicted molar refractivity (Wildman–Crippen MR) is 95.5 cm³/mol. The highest BCUT2D eigenvalue weighted by Crippen LogP contribution is 2.23. The van der Waals surface area contributed by atoms with Crippen LogP contribution in [0.4, 0.5) is 5.69 Å². The summed E-state index contributed by atoms with van der Waals surface area (Å²) in [6, 6.07) is 10.2. The van der Waals surface area contributed by atoms with Gasteiger partial charge in [0.15, 0.2) is 0 Å². The van der Waals surface area contributed by atoms with E-state index in [9.17, 15) is 18.0 Å². The average molecular weight is 382 g/mol. The van der Waals surface area contributed by atoms with Crippen molar-refractivity contribution in [2.75, 3.05) is 19.4 Å². The van der Waals surface area contributed by atoms with E-state index in [4.69, 9.17) is 11.6 Å². The van der Waals surface area contributed by atoms with Crippen molar-refractivity contribution in [2.24, 2.45) is 0 Å². The minimum atomic E-state index is -3.78. The Labute approximate surface area is 150 Å². The summed E-state index contributed by atoms with van der Waals surface area (Å²) in [5.41, 5.74) is 1.05. The van der Waals surface area contributed by atoms with Gasteiger partial charge in [-0.1, -0.05) is 11.6 Å². The maximum absolute atomic E-state index is 12.3. The van der Waals surface area contributed by atoms with Crippen LogP contribution in [-0.4, -0.2) is 34.3 Å². The number of hydrogen-bond donors (Lipinski definition) is 3. The quantitative estimate of drug-likeness (QED) is 0.735. The van der Waals surface area contributed by atoms with Crippen LogP contribution in [0.2, 0.25) is 5.02 Å². The van der Waals surface area contributed by atoms with Crippen LogP contribution in [0.5, 0.6) is 0 Å². The van der Waals surface area contributed by atoms with Crippen LogP contribution in [0, 0.1) is 0 Å². The van der Waals surface area contributed by atoms with Gasteiger partial charge in [0.2, 0.25) is 10.0 Å². The van der Waals surface area contributed by atoms with Crippen molar-refractivity contribution in [2.45, 2.75) is 4.90 Å². The van der Waals surface area contributed by atoms with Gasteiger partial charge in [-0.3, -0.25) is 9.59 Å². The number of benzene rings is 2. The van der Waals surface area contributed by atoms with Crippen molar-refractivity contribution in [1.29, 1.82) is 0 Å². The normalized spacial score (nSPS) is 11.0. The number of rotatable bonds is 5. The third-order valence-electron chi connectivity index (χ3n) is 3.38. The Bertz CT molecular complexity index is 911. The number of carbonyl (C=O) groups is 2. The molecule has 2 aromatic rings. The summed E-state index contributed by atoms with van der Waals surface area (Å²) < 4.78 is 26.0. The Morgan fingerprint density at radius 2 is 1.52 bits per heavy atom. The second kappa shape index (κ2) is 7.64. The fourth-order valence-electron chi connectivity index (χ4n) is 2.01. The topological polar surface area (TPSA) is 104 Å². The van der Waals surface area contributed by atoms with Gasteiger partial charge < -0.3 is 10.6 Å². The fraction of sp³-hybridized carbons (Fsp3) is 0.125. The van der Waals surface area contributed by atoms with Crippen LogP contribution in [0.3, 0.4) is 0 Å². The second-order valence-corrected chi connectivity index (χ2v) is 7.23. The number of nitrogens with one attached hydrogen (secondary N) is 3. The lowest BCUT2D eigenvalue weighted by atomic mass is 10.1. The van der Waals surface area contributed by atoms with Crippen LogP contribution >= 0.6 is 11.6 Å². The van der Waals surface area contributed by atoms with Crippen molar-refractivity contribution < 1.29 is 18.0 Å². The lowest BCUT2D eigenvalue weighted by Gasteiger charge is -2.09. The summed E-state index contributed by atoms with van der Waals surface area (Å²) in [5.74, 6) is -0.741. The Hall–Kier alpha value is -2.42. The molecule has 9 heteroatoms. The monoisotopic (exact) mass is 381 g/mol. The standard InChI is InChI=1S/C16H16ClN3O4S/c1-18-15(21)10-3-6-12(7-4-10)20-16(22)11-5-8-13(17)14(9-11)25(23,24)19-2/h3-9,19H,1-2H3,(H,18,21)(H,20,22). The summed E-state index contributed by atoms with van der Waals surface area (Å²) in [6.45, 7) is 0. The fourth-order valence-corrected chi connectivity index (χ4v) is 3.26. The van der Waals surface area contributed by atoms with Crippen LogP contribution in [0.25, 0.3) is 0 Å². The molecule has 0 bridgehead atoms. The molecule has 0 unspecified atom stereocenters. The zero-order valence-electron chi connectivity index (χ0n) is 13.5. The van der Waals surface area contributed by atoms with Gasteiger partial charge in [0.05, 0.1) is 5.02 Å². The molecule has 0 radical (unpaired) electrons. The SMILES string of the molecule is CNC(=O)c1ccc(NC(=O)c2ccc(Cl)c(S(=O)(=O)NC)c2)cc1. The Kier molecular flexibility index (Phi) is 5.78. The third-order valence-corrected chi connectivity index (χ3v) is 5.28. The molecule has 0 saturated heterocycles. The van der Waals surface area contributed by atoms with Crippen molar-refractivity contribution in [3.05, 3.63) is 58.6 Å². The molecular weight excluding hydrogens is 366 g/mol. The highest BCUT2D eigenvalue weighted by Gasteiger charge is 2.18.